The maximum Gasteiger partial charge on any atom is 0.229 e. The molecule has 0 radical (unpaired) electrons. The Balaban J connectivity index is 1.35. The summed E-state index contributed by atoms with van der Waals surface area (Å²) in [6.45, 7) is -1.28. The summed E-state index contributed by atoms with van der Waals surface area (Å²) >= 11 is 0. The molecule has 42 heavy (non-hydrogen) atoms. The molecule has 9 N–H and O–H groups in total. The van der Waals surface area contributed by atoms with Gasteiger partial charge >= 0.3 is 0 Å². The summed E-state index contributed by atoms with van der Waals surface area (Å²) in [6.07, 6.45) is -13.8. The lowest BCUT2D eigenvalue weighted by molar-refractivity contribution is -0.277. The Hall–Kier alpha value is -3.35. The number of hydrogen-bond acceptors (Lipinski definition) is 15. The van der Waals surface area contributed by atoms with Crippen molar-refractivity contribution in [1.29, 1.82) is 0 Å². The van der Waals surface area contributed by atoms with Crippen LogP contribution in [-0.2, 0) is 9.47 Å². The molecule has 5 rings (SSSR count). The van der Waals surface area contributed by atoms with Crippen molar-refractivity contribution in [2.24, 2.45) is 0 Å². The van der Waals surface area contributed by atoms with Crippen LogP contribution in [0.4, 0.5) is 0 Å². The van der Waals surface area contributed by atoms with Gasteiger partial charge in [0.2, 0.25) is 18.0 Å². The summed E-state index contributed by atoms with van der Waals surface area (Å²) in [4.78, 5) is 13.3. The minimum atomic E-state index is -1.69. The van der Waals surface area contributed by atoms with Gasteiger partial charge in [0.15, 0.2) is 0 Å². The average Bonchev–Trinajstić information content (AvgIpc) is 2.98. The smallest absolute Gasteiger partial charge is 0.229 e. The van der Waals surface area contributed by atoms with Crippen molar-refractivity contribution in [3.05, 3.63) is 52.9 Å². The Morgan fingerprint density at radius 3 is 1.74 bits per heavy atom. The molecule has 15 heteroatoms. The molecule has 2 aliphatic rings. The van der Waals surface area contributed by atoms with Gasteiger partial charge in [0.1, 0.15) is 83.3 Å². The number of benzene rings is 2. The van der Waals surface area contributed by atoms with Crippen LogP contribution in [0, 0.1) is 0 Å². The van der Waals surface area contributed by atoms with Crippen molar-refractivity contribution in [2.75, 3.05) is 13.2 Å². The van der Waals surface area contributed by atoms with Gasteiger partial charge in [0.05, 0.1) is 18.8 Å². The van der Waals surface area contributed by atoms with E-state index in [1.54, 1.807) is 0 Å². The quantitative estimate of drug-likeness (QED) is 0.137. The third-order valence-corrected chi connectivity index (χ3v) is 7.20. The normalized spacial score (nSPS) is 33.4. The number of aromatic hydroxyl groups is 1. The molecule has 0 unspecified atom stereocenters. The van der Waals surface area contributed by atoms with Crippen molar-refractivity contribution < 1.29 is 69.3 Å². The zero-order valence-electron chi connectivity index (χ0n) is 21.7. The first kappa shape index (κ1) is 30.1. The maximum absolute atomic E-state index is 13.3. The van der Waals surface area contributed by atoms with Crippen molar-refractivity contribution in [2.45, 2.75) is 61.4 Å². The van der Waals surface area contributed by atoms with E-state index in [9.17, 15) is 50.8 Å². The van der Waals surface area contributed by atoms with E-state index in [0.29, 0.717) is 5.56 Å². The third-order valence-electron chi connectivity index (χ3n) is 7.20. The van der Waals surface area contributed by atoms with Crippen LogP contribution in [0.15, 0.2) is 51.9 Å². The molecule has 0 bridgehead atoms. The van der Waals surface area contributed by atoms with E-state index in [4.69, 9.17) is 23.4 Å². The molecule has 3 aromatic rings. The zero-order valence-corrected chi connectivity index (χ0v) is 21.7. The molecule has 0 spiro atoms. The van der Waals surface area contributed by atoms with Crippen molar-refractivity contribution in [1.82, 2.24) is 0 Å². The summed E-state index contributed by atoms with van der Waals surface area (Å²) in [5.74, 6) is -0.453. The molecule has 3 heterocycles. The molecular formula is C27H30O15. The van der Waals surface area contributed by atoms with Crippen molar-refractivity contribution >= 4 is 11.0 Å². The number of hydrogen-bond donors (Lipinski definition) is 9. The second-order valence-corrected chi connectivity index (χ2v) is 9.95. The number of aliphatic hydroxyl groups excluding tert-OH is 8. The molecule has 0 amide bonds. The second-order valence-electron chi connectivity index (χ2n) is 9.95. The lowest BCUT2D eigenvalue weighted by Crippen LogP contribution is -2.60. The van der Waals surface area contributed by atoms with E-state index in [1.165, 1.54) is 30.3 Å². The van der Waals surface area contributed by atoms with E-state index >= 15 is 0 Å². The van der Waals surface area contributed by atoms with Gasteiger partial charge in [-0.15, -0.1) is 0 Å². The molecule has 10 atom stereocenters. The molecule has 0 aliphatic carbocycles. The highest BCUT2D eigenvalue weighted by Crippen LogP contribution is 2.33. The van der Waals surface area contributed by atoms with E-state index in [-0.39, 0.29) is 28.0 Å². The summed E-state index contributed by atoms with van der Waals surface area (Å²) in [6, 6.07) is 8.19. The fourth-order valence-corrected chi connectivity index (χ4v) is 4.79. The SMILES string of the molecule is O=c1c(-c2ccc(O[C@H]3O[C@@H](CO)[C@H](O)[C@H](O)[C@@H]3O)cc2)coc2cc(O[C@H]3O[C@@H](CO)[C@H](O)[C@H](O)[C@@H]3O)cc(O)c12. The highest BCUT2D eigenvalue weighted by molar-refractivity contribution is 5.88. The molecule has 2 saturated heterocycles. The molecule has 2 aromatic carbocycles. The van der Waals surface area contributed by atoms with Crippen LogP contribution in [0.5, 0.6) is 17.2 Å². The topological polar surface area (TPSA) is 249 Å². The summed E-state index contributed by atoms with van der Waals surface area (Å²) in [7, 11) is 0. The van der Waals surface area contributed by atoms with Crippen molar-refractivity contribution in [3.63, 3.8) is 0 Å². The van der Waals surface area contributed by atoms with Crippen LogP contribution in [-0.4, -0.2) is 121 Å². The lowest BCUT2D eigenvalue weighted by atomic mass is 9.99. The van der Waals surface area contributed by atoms with Crippen molar-refractivity contribution in [3.8, 4) is 28.4 Å². The largest absolute Gasteiger partial charge is 0.507 e. The van der Waals surface area contributed by atoms with Crippen LogP contribution >= 0.6 is 0 Å². The zero-order chi connectivity index (χ0) is 30.3. The number of fused-ring (bicyclic) bond motifs is 1. The van der Waals surface area contributed by atoms with Gasteiger partial charge in [0, 0.05) is 12.1 Å². The molecule has 2 aliphatic heterocycles. The van der Waals surface area contributed by atoms with Crippen LogP contribution < -0.4 is 14.9 Å². The van der Waals surface area contributed by atoms with E-state index < -0.39 is 85.8 Å². The highest BCUT2D eigenvalue weighted by atomic mass is 16.7. The lowest BCUT2D eigenvalue weighted by Gasteiger charge is -2.39. The Kier molecular flexibility index (Phi) is 8.68. The predicted octanol–water partition coefficient (Wildman–Crippen LogP) is -2.48. The van der Waals surface area contributed by atoms with Crippen LogP contribution in [0.3, 0.4) is 0 Å². The van der Waals surface area contributed by atoms with E-state index in [0.717, 1.165) is 12.3 Å². The molecule has 0 saturated carbocycles. The Bertz CT molecular complexity index is 1440. The average molecular weight is 595 g/mol. The summed E-state index contributed by atoms with van der Waals surface area (Å²) in [5, 5.41) is 89.2. The van der Waals surface area contributed by atoms with Gasteiger partial charge in [-0.2, -0.15) is 0 Å². The van der Waals surface area contributed by atoms with Gasteiger partial charge in [-0.1, -0.05) is 12.1 Å². The number of rotatable bonds is 7. The minimum Gasteiger partial charge on any atom is -0.507 e. The second kappa shape index (κ2) is 12.1. The number of aliphatic hydroxyl groups is 8. The third kappa shape index (κ3) is 5.55. The van der Waals surface area contributed by atoms with E-state index in [2.05, 4.69) is 0 Å². The van der Waals surface area contributed by atoms with Gasteiger partial charge in [-0.25, -0.2) is 0 Å². The first-order chi connectivity index (χ1) is 20.0. The fraction of sp³-hybridized carbons (Fsp3) is 0.444. The number of ether oxygens (including phenoxy) is 4. The van der Waals surface area contributed by atoms with Gasteiger partial charge < -0.3 is 69.3 Å². The van der Waals surface area contributed by atoms with Gasteiger partial charge in [0.25, 0.3) is 0 Å². The minimum absolute atomic E-state index is 0.0693. The summed E-state index contributed by atoms with van der Waals surface area (Å²) in [5.41, 5.74) is -0.241. The monoisotopic (exact) mass is 594 g/mol. The van der Waals surface area contributed by atoms with Crippen LogP contribution in [0.25, 0.3) is 22.1 Å². The maximum atomic E-state index is 13.3. The highest BCUT2D eigenvalue weighted by Gasteiger charge is 2.45. The number of phenols is 1. The number of phenolic OH excluding ortho intramolecular Hbond substituents is 1. The Morgan fingerprint density at radius 1 is 0.690 bits per heavy atom. The van der Waals surface area contributed by atoms with Crippen LogP contribution in [0.2, 0.25) is 0 Å². The molecular weight excluding hydrogens is 564 g/mol. The molecule has 1 aromatic heterocycles. The fourth-order valence-electron chi connectivity index (χ4n) is 4.79. The first-order valence-corrected chi connectivity index (χ1v) is 12.9. The molecule has 15 nitrogen and oxygen atoms in total. The Labute approximate surface area is 236 Å². The predicted molar refractivity (Wildman–Crippen MR) is 138 cm³/mol. The molecule has 228 valence electrons. The van der Waals surface area contributed by atoms with Crippen LogP contribution in [0.1, 0.15) is 0 Å². The van der Waals surface area contributed by atoms with Gasteiger partial charge in [-0.3, -0.25) is 4.79 Å². The first-order valence-electron chi connectivity index (χ1n) is 12.9. The molecule has 2 fully saturated rings. The van der Waals surface area contributed by atoms with Gasteiger partial charge in [-0.05, 0) is 17.7 Å². The summed E-state index contributed by atoms with van der Waals surface area (Å²) < 4.78 is 27.3. The Morgan fingerprint density at radius 2 is 1.21 bits per heavy atom. The van der Waals surface area contributed by atoms with E-state index in [1.807, 2.05) is 0 Å². The standard InChI is InChI=1S/C27H30O15/c28-7-16-20(32)22(34)24(36)26(41-16)39-11-3-1-10(2-4-11)13-9-38-15-6-12(5-14(30)18(15)19(13)31)40-27-25(37)23(35)21(33)17(8-29)42-27/h1-6,9,16-17,20-30,32-37H,7-8H2/t16-,17-,20-,21-,22-,23-,24-,25-,26-,27-/m0/s1.